The Morgan fingerprint density at radius 2 is 1.83 bits per heavy atom. The fourth-order valence-corrected chi connectivity index (χ4v) is 5.75. The van der Waals surface area contributed by atoms with Crippen molar-refractivity contribution in [3.8, 4) is 11.4 Å². The molecule has 1 aromatic heterocycles. The summed E-state index contributed by atoms with van der Waals surface area (Å²) >= 11 is 0. The number of hydrogen-bond acceptors (Lipinski definition) is 3. The molecule has 0 spiro atoms. The van der Waals surface area contributed by atoms with E-state index in [-0.39, 0.29) is 17.2 Å². The summed E-state index contributed by atoms with van der Waals surface area (Å²) in [6, 6.07) is 16.1. The number of rotatable bonds is 6. The highest BCUT2D eigenvalue weighted by atomic mass is 32.2. The van der Waals surface area contributed by atoms with Gasteiger partial charge in [0.05, 0.1) is 5.75 Å². The maximum Gasteiger partial charge on any atom is 0.218 e. The summed E-state index contributed by atoms with van der Waals surface area (Å²) in [4.78, 5) is 4.57. The first-order valence-corrected chi connectivity index (χ1v) is 11.8. The molecule has 2 heterocycles. The van der Waals surface area contributed by atoms with Gasteiger partial charge < -0.3 is 4.57 Å². The number of halogens is 1. The van der Waals surface area contributed by atoms with Crippen molar-refractivity contribution in [2.75, 3.05) is 13.1 Å². The van der Waals surface area contributed by atoms with Gasteiger partial charge in [-0.1, -0.05) is 48.5 Å². The normalized spacial score (nSPS) is 17.9. The van der Waals surface area contributed by atoms with E-state index in [4.69, 9.17) is 0 Å². The van der Waals surface area contributed by atoms with E-state index in [9.17, 15) is 12.8 Å². The van der Waals surface area contributed by atoms with Crippen LogP contribution in [0.25, 0.3) is 11.4 Å². The van der Waals surface area contributed by atoms with Crippen LogP contribution in [-0.4, -0.2) is 35.4 Å². The van der Waals surface area contributed by atoms with Crippen LogP contribution < -0.4 is 0 Å². The highest BCUT2D eigenvalue weighted by Gasteiger charge is 2.30. The fourth-order valence-electron chi connectivity index (χ4n) is 4.10. The second-order valence-corrected chi connectivity index (χ2v) is 9.88. The van der Waals surface area contributed by atoms with E-state index in [1.54, 1.807) is 12.1 Å². The Kier molecular flexibility index (Phi) is 6.01. The molecule has 0 bridgehead atoms. The molecule has 0 radical (unpaired) electrons. The van der Waals surface area contributed by atoms with Gasteiger partial charge in [-0.3, -0.25) is 0 Å². The molecule has 2 aromatic carbocycles. The van der Waals surface area contributed by atoms with Gasteiger partial charge in [-0.15, -0.1) is 0 Å². The Labute approximate surface area is 177 Å². The lowest BCUT2D eigenvalue weighted by Crippen LogP contribution is -2.41. The highest BCUT2D eigenvalue weighted by molar-refractivity contribution is 7.88. The first kappa shape index (κ1) is 20.8. The molecule has 1 saturated heterocycles. The second kappa shape index (κ2) is 8.70. The molecule has 0 N–H and O–H groups in total. The van der Waals surface area contributed by atoms with Crippen molar-refractivity contribution in [1.29, 1.82) is 0 Å². The molecule has 5 nitrogen and oxygen atoms in total. The van der Waals surface area contributed by atoms with Crippen LogP contribution in [0, 0.1) is 18.7 Å². The molecule has 3 aromatic rings. The monoisotopic (exact) mass is 427 g/mol. The van der Waals surface area contributed by atoms with Gasteiger partial charge in [0, 0.05) is 42.7 Å². The maximum absolute atomic E-state index is 14.0. The molecular formula is C23H26FN3O2S. The number of nitrogens with zero attached hydrogens (tertiary/aromatic N) is 3. The van der Waals surface area contributed by atoms with Crippen molar-refractivity contribution in [3.05, 3.63) is 77.9 Å². The summed E-state index contributed by atoms with van der Waals surface area (Å²) in [6.45, 7) is 3.67. The predicted octanol–water partition coefficient (Wildman–Crippen LogP) is 4.24. The van der Waals surface area contributed by atoms with Crippen molar-refractivity contribution in [2.45, 2.75) is 32.1 Å². The van der Waals surface area contributed by atoms with Gasteiger partial charge in [0.2, 0.25) is 10.0 Å². The quantitative estimate of drug-likeness (QED) is 0.591. The average molecular weight is 428 g/mol. The zero-order valence-corrected chi connectivity index (χ0v) is 17.9. The second-order valence-electron chi connectivity index (χ2n) is 7.91. The highest BCUT2D eigenvalue weighted by Crippen LogP contribution is 2.26. The molecule has 1 aliphatic heterocycles. The molecule has 0 aliphatic carbocycles. The minimum atomic E-state index is -3.57. The van der Waals surface area contributed by atoms with E-state index in [0.717, 1.165) is 29.9 Å². The first-order valence-electron chi connectivity index (χ1n) is 10.2. The van der Waals surface area contributed by atoms with Crippen LogP contribution in [-0.2, 0) is 22.3 Å². The molecule has 1 atom stereocenters. The van der Waals surface area contributed by atoms with Crippen molar-refractivity contribution in [2.24, 2.45) is 5.92 Å². The first-order chi connectivity index (χ1) is 14.4. The fraction of sp³-hybridized carbons (Fsp3) is 0.348. The number of hydrogen-bond donors (Lipinski definition) is 0. The van der Waals surface area contributed by atoms with Crippen LogP contribution >= 0.6 is 0 Å². The lowest BCUT2D eigenvalue weighted by molar-refractivity contribution is 0.244. The molecule has 158 valence electrons. The molecule has 0 saturated carbocycles. The zero-order chi connectivity index (χ0) is 21.1. The van der Waals surface area contributed by atoms with Gasteiger partial charge in [0.25, 0.3) is 0 Å². The smallest absolute Gasteiger partial charge is 0.218 e. The number of piperidine rings is 1. The molecule has 1 unspecified atom stereocenters. The van der Waals surface area contributed by atoms with Crippen LogP contribution in [0.2, 0.25) is 0 Å². The summed E-state index contributed by atoms with van der Waals surface area (Å²) in [7, 11) is -3.57. The molecule has 0 amide bonds. The number of sulfonamides is 1. The van der Waals surface area contributed by atoms with Crippen LogP contribution in [0.15, 0.2) is 60.8 Å². The molecule has 4 rings (SSSR count). The molecule has 1 aliphatic rings. The van der Waals surface area contributed by atoms with Crippen LogP contribution in [0.5, 0.6) is 0 Å². The predicted molar refractivity (Wildman–Crippen MR) is 116 cm³/mol. The third-order valence-corrected chi connectivity index (χ3v) is 7.49. The third kappa shape index (κ3) is 4.47. The lowest BCUT2D eigenvalue weighted by atomic mass is 9.99. The third-order valence-electron chi connectivity index (χ3n) is 5.70. The lowest BCUT2D eigenvalue weighted by Gasteiger charge is -2.32. The van der Waals surface area contributed by atoms with Gasteiger partial charge in [-0.2, -0.15) is 0 Å². The summed E-state index contributed by atoms with van der Waals surface area (Å²) < 4.78 is 43.6. The van der Waals surface area contributed by atoms with Gasteiger partial charge in [-0.05, 0) is 31.7 Å². The standard InChI is InChI=1S/C23H26FN3O2S/c1-18-14-25-23(20-9-3-2-4-10-20)27(18)16-19-8-7-13-26(15-19)30(28,29)17-21-11-5-6-12-22(21)24/h2-6,9-12,14,19H,7-8,13,15-17H2,1H3. The van der Waals surface area contributed by atoms with Gasteiger partial charge in [0.15, 0.2) is 0 Å². The SMILES string of the molecule is Cc1cnc(-c2ccccc2)n1CC1CCCN(S(=O)(=O)Cc2ccccc2F)C1. The van der Waals surface area contributed by atoms with Gasteiger partial charge in [-0.25, -0.2) is 22.1 Å². The zero-order valence-electron chi connectivity index (χ0n) is 17.0. The molecule has 1 fully saturated rings. The summed E-state index contributed by atoms with van der Waals surface area (Å²) in [5, 5.41) is 0. The van der Waals surface area contributed by atoms with Crippen molar-refractivity contribution < 1.29 is 12.8 Å². The van der Waals surface area contributed by atoms with Gasteiger partial charge in [0.1, 0.15) is 11.6 Å². The van der Waals surface area contributed by atoms with E-state index in [1.165, 1.54) is 16.4 Å². The van der Waals surface area contributed by atoms with Crippen molar-refractivity contribution >= 4 is 10.0 Å². The Morgan fingerprint density at radius 1 is 1.10 bits per heavy atom. The maximum atomic E-state index is 14.0. The Bertz CT molecular complexity index is 1110. The van der Waals surface area contributed by atoms with E-state index in [1.807, 2.05) is 43.5 Å². The largest absolute Gasteiger partial charge is 0.328 e. The minimum Gasteiger partial charge on any atom is -0.328 e. The Morgan fingerprint density at radius 3 is 2.60 bits per heavy atom. The number of aromatic nitrogens is 2. The summed E-state index contributed by atoms with van der Waals surface area (Å²) in [5.74, 6) is 0.311. The minimum absolute atomic E-state index is 0.185. The van der Waals surface area contributed by atoms with Crippen LogP contribution in [0.3, 0.4) is 0 Å². The van der Waals surface area contributed by atoms with Gasteiger partial charge >= 0.3 is 0 Å². The summed E-state index contributed by atoms with van der Waals surface area (Å²) in [6.07, 6.45) is 3.62. The summed E-state index contributed by atoms with van der Waals surface area (Å²) in [5.41, 5.74) is 2.32. The van der Waals surface area contributed by atoms with Crippen molar-refractivity contribution in [1.82, 2.24) is 13.9 Å². The molecule has 30 heavy (non-hydrogen) atoms. The van der Waals surface area contributed by atoms with Crippen LogP contribution in [0.4, 0.5) is 4.39 Å². The molecule has 7 heteroatoms. The number of aryl methyl sites for hydroxylation is 1. The number of imidazole rings is 1. The average Bonchev–Trinajstić information content (AvgIpc) is 3.11. The topological polar surface area (TPSA) is 55.2 Å². The van der Waals surface area contributed by atoms with E-state index < -0.39 is 15.8 Å². The van der Waals surface area contributed by atoms with Crippen molar-refractivity contribution in [3.63, 3.8) is 0 Å². The van der Waals surface area contributed by atoms with E-state index in [2.05, 4.69) is 9.55 Å². The van der Waals surface area contributed by atoms with E-state index in [0.29, 0.717) is 19.6 Å². The Balaban J connectivity index is 1.50. The molecular weight excluding hydrogens is 401 g/mol. The van der Waals surface area contributed by atoms with Crippen LogP contribution in [0.1, 0.15) is 24.1 Å². The Hall–Kier alpha value is -2.51. The van der Waals surface area contributed by atoms with E-state index >= 15 is 0 Å². The number of benzene rings is 2.